The zero-order valence-electron chi connectivity index (χ0n) is 19.9. The van der Waals surface area contributed by atoms with E-state index in [1.807, 2.05) is 36.4 Å². The summed E-state index contributed by atoms with van der Waals surface area (Å²) in [5.74, 6) is 0.874. The van der Waals surface area contributed by atoms with Crippen LogP contribution in [0.3, 0.4) is 0 Å². The highest BCUT2D eigenvalue weighted by Gasteiger charge is 2.04. The lowest BCUT2D eigenvalue weighted by Crippen LogP contribution is -1.97. The largest absolute Gasteiger partial charge is 0.494 e. The molecule has 0 fully saturated rings. The van der Waals surface area contributed by atoms with Crippen molar-refractivity contribution < 1.29 is 9.13 Å². The molecule has 2 aromatic carbocycles. The van der Waals surface area contributed by atoms with Gasteiger partial charge >= 0.3 is 0 Å². The molecule has 3 rings (SSSR count). The monoisotopic (exact) mass is 459 g/mol. The van der Waals surface area contributed by atoms with Gasteiger partial charge in [0.05, 0.1) is 48.7 Å². The van der Waals surface area contributed by atoms with Crippen LogP contribution in [0.4, 0.5) is 4.39 Å². The van der Waals surface area contributed by atoms with Crippen LogP contribution in [-0.4, -0.2) is 23.2 Å². The molecule has 0 aliphatic rings. The Labute approximate surface area is 202 Å². The smallest absolute Gasteiger partial charge is 0.119 e. The second-order valence-corrected chi connectivity index (χ2v) is 8.57. The molecule has 0 saturated heterocycles. The van der Waals surface area contributed by atoms with Crippen molar-refractivity contribution >= 4 is 0 Å². The van der Waals surface area contributed by atoms with Crippen molar-refractivity contribution in [2.45, 2.75) is 64.2 Å². The quantitative estimate of drug-likeness (QED) is 0.216. The first-order chi connectivity index (χ1) is 16.8. The van der Waals surface area contributed by atoms with Gasteiger partial charge in [0.2, 0.25) is 0 Å². The van der Waals surface area contributed by atoms with E-state index in [1.165, 1.54) is 44.9 Å². The van der Waals surface area contributed by atoms with Gasteiger partial charge in [-0.1, -0.05) is 63.5 Å². The molecule has 178 valence electrons. The van der Waals surface area contributed by atoms with Crippen LogP contribution in [0.25, 0.3) is 22.5 Å². The standard InChI is InChI=1S/C29H34FN3O/c30-19-9-7-5-3-1-2-4-6-8-10-20-34-27-17-15-26(16-18-27)29-23-32-28(22-33-29)25-13-11-24(21-31)12-14-25/h11-18,22-23H,1-10,19-20H2. The van der Waals surface area contributed by atoms with Gasteiger partial charge in [-0.05, 0) is 49.2 Å². The highest BCUT2D eigenvalue weighted by Crippen LogP contribution is 2.23. The fourth-order valence-corrected chi connectivity index (χ4v) is 3.86. The van der Waals surface area contributed by atoms with Crippen LogP contribution in [0.5, 0.6) is 5.75 Å². The molecule has 34 heavy (non-hydrogen) atoms. The van der Waals surface area contributed by atoms with Crippen LogP contribution in [0, 0.1) is 11.3 Å². The fourth-order valence-electron chi connectivity index (χ4n) is 3.86. The summed E-state index contributed by atoms with van der Waals surface area (Å²) < 4.78 is 17.9. The van der Waals surface area contributed by atoms with Crippen molar-refractivity contribution in [2.75, 3.05) is 13.3 Å². The minimum absolute atomic E-state index is 0.170. The molecule has 0 aliphatic carbocycles. The molecule has 0 unspecified atom stereocenters. The van der Waals surface area contributed by atoms with Crippen LogP contribution in [0.1, 0.15) is 69.8 Å². The number of nitriles is 1. The second kappa shape index (κ2) is 14.8. The SMILES string of the molecule is N#Cc1ccc(-c2cnc(-c3ccc(OCCCCCCCCCCCCF)cc3)cn2)cc1. The number of hydrogen-bond acceptors (Lipinski definition) is 4. The van der Waals surface area contributed by atoms with Gasteiger partial charge in [-0.25, -0.2) is 0 Å². The summed E-state index contributed by atoms with van der Waals surface area (Å²) in [6.45, 7) is 0.568. The van der Waals surface area contributed by atoms with E-state index in [9.17, 15) is 4.39 Å². The Hall–Kier alpha value is -3.26. The fraction of sp³-hybridized carbons (Fsp3) is 0.414. The zero-order valence-corrected chi connectivity index (χ0v) is 19.9. The Morgan fingerprint density at radius 2 is 1.12 bits per heavy atom. The Balaban J connectivity index is 1.33. The number of aromatic nitrogens is 2. The van der Waals surface area contributed by atoms with Crippen molar-refractivity contribution in [2.24, 2.45) is 0 Å². The summed E-state index contributed by atoms with van der Waals surface area (Å²) in [6, 6.07) is 17.4. The second-order valence-electron chi connectivity index (χ2n) is 8.57. The van der Waals surface area contributed by atoms with Gasteiger partial charge < -0.3 is 4.74 Å². The highest BCUT2D eigenvalue weighted by atomic mass is 19.1. The third-order valence-electron chi connectivity index (χ3n) is 5.91. The van der Waals surface area contributed by atoms with Crippen LogP contribution in [0.15, 0.2) is 60.9 Å². The number of alkyl halides is 1. The molecular formula is C29H34FN3O. The molecule has 5 heteroatoms. The molecule has 4 nitrogen and oxygen atoms in total. The molecule has 0 spiro atoms. The summed E-state index contributed by atoms with van der Waals surface area (Å²) >= 11 is 0. The molecule has 0 amide bonds. The van der Waals surface area contributed by atoms with Crippen LogP contribution >= 0.6 is 0 Å². The van der Waals surface area contributed by atoms with E-state index >= 15 is 0 Å². The normalized spacial score (nSPS) is 10.7. The molecule has 0 N–H and O–H groups in total. The molecule has 3 aromatic rings. The number of unbranched alkanes of at least 4 members (excludes halogenated alkanes) is 9. The van der Waals surface area contributed by atoms with Crippen molar-refractivity contribution in [1.82, 2.24) is 9.97 Å². The Bertz CT molecular complexity index is 996. The lowest BCUT2D eigenvalue weighted by Gasteiger charge is -2.08. The lowest BCUT2D eigenvalue weighted by atomic mass is 10.1. The van der Waals surface area contributed by atoms with Gasteiger partial charge in [0.1, 0.15) is 5.75 Å². The summed E-state index contributed by atoms with van der Waals surface area (Å²) in [5.41, 5.74) is 4.15. The number of hydrogen-bond donors (Lipinski definition) is 0. The Morgan fingerprint density at radius 3 is 1.59 bits per heavy atom. The van der Waals surface area contributed by atoms with Crippen molar-refractivity contribution in [3.8, 4) is 34.3 Å². The first kappa shape index (κ1) is 25.4. The van der Waals surface area contributed by atoms with E-state index in [1.54, 1.807) is 24.5 Å². The Kier molecular flexibility index (Phi) is 11.0. The number of halogens is 1. The van der Waals surface area contributed by atoms with E-state index in [0.717, 1.165) is 54.1 Å². The molecule has 0 atom stereocenters. The van der Waals surface area contributed by atoms with E-state index in [0.29, 0.717) is 5.56 Å². The summed E-state index contributed by atoms with van der Waals surface area (Å²) in [7, 11) is 0. The van der Waals surface area contributed by atoms with Gasteiger partial charge in [-0.15, -0.1) is 0 Å². The summed E-state index contributed by atoms with van der Waals surface area (Å²) in [5, 5.41) is 8.92. The van der Waals surface area contributed by atoms with Crippen LogP contribution in [0.2, 0.25) is 0 Å². The van der Waals surface area contributed by atoms with E-state index in [4.69, 9.17) is 10.00 Å². The van der Waals surface area contributed by atoms with E-state index in [-0.39, 0.29) is 6.67 Å². The van der Waals surface area contributed by atoms with Gasteiger partial charge in [-0.2, -0.15) is 5.26 Å². The predicted molar refractivity (Wildman–Crippen MR) is 135 cm³/mol. The Morgan fingerprint density at radius 1 is 0.647 bits per heavy atom. The molecule has 0 aliphatic heterocycles. The average molecular weight is 460 g/mol. The van der Waals surface area contributed by atoms with Crippen LogP contribution in [-0.2, 0) is 0 Å². The van der Waals surface area contributed by atoms with E-state index in [2.05, 4.69) is 16.0 Å². The summed E-state index contributed by atoms with van der Waals surface area (Å²) in [6.07, 6.45) is 15.1. The van der Waals surface area contributed by atoms with Gasteiger partial charge in [-0.3, -0.25) is 14.4 Å². The molecule has 0 radical (unpaired) electrons. The maximum Gasteiger partial charge on any atom is 0.119 e. The van der Waals surface area contributed by atoms with E-state index < -0.39 is 0 Å². The summed E-state index contributed by atoms with van der Waals surface area (Å²) in [4.78, 5) is 9.08. The maximum atomic E-state index is 12.0. The maximum absolute atomic E-state index is 12.0. The highest BCUT2D eigenvalue weighted by molar-refractivity contribution is 5.63. The predicted octanol–water partition coefficient (Wildman–Crippen LogP) is 7.93. The topological polar surface area (TPSA) is 58.8 Å². The molecular weight excluding hydrogens is 425 g/mol. The average Bonchev–Trinajstić information content (AvgIpc) is 2.90. The number of nitrogens with zero attached hydrogens (tertiary/aromatic N) is 3. The number of rotatable bonds is 15. The first-order valence-corrected chi connectivity index (χ1v) is 12.4. The van der Waals surface area contributed by atoms with Gasteiger partial charge in [0.15, 0.2) is 0 Å². The van der Waals surface area contributed by atoms with Crippen molar-refractivity contribution in [3.63, 3.8) is 0 Å². The molecule has 0 saturated carbocycles. The zero-order chi connectivity index (χ0) is 23.8. The minimum Gasteiger partial charge on any atom is -0.494 e. The number of benzene rings is 2. The number of ether oxygens (including phenoxy) is 1. The van der Waals surface area contributed by atoms with Gasteiger partial charge in [0, 0.05) is 11.1 Å². The first-order valence-electron chi connectivity index (χ1n) is 12.4. The molecule has 1 heterocycles. The van der Waals surface area contributed by atoms with Crippen molar-refractivity contribution in [3.05, 3.63) is 66.5 Å². The molecule has 1 aromatic heterocycles. The van der Waals surface area contributed by atoms with Gasteiger partial charge in [0.25, 0.3) is 0 Å². The van der Waals surface area contributed by atoms with Crippen LogP contribution < -0.4 is 4.74 Å². The third-order valence-corrected chi connectivity index (χ3v) is 5.91. The minimum atomic E-state index is -0.170. The third kappa shape index (κ3) is 8.59. The molecule has 0 bridgehead atoms. The lowest BCUT2D eigenvalue weighted by molar-refractivity contribution is 0.304. The van der Waals surface area contributed by atoms with Crippen molar-refractivity contribution in [1.29, 1.82) is 5.26 Å².